The highest BCUT2D eigenvalue weighted by atomic mass is 35.5. The van der Waals surface area contributed by atoms with Crippen LogP contribution < -0.4 is 9.47 Å². The molecule has 0 spiro atoms. The molecule has 0 heterocycles. The van der Waals surface area contributed by atoms with Gasteiger partial charge in [-0.1, -0.05) is 18.5 Å². The predicted molar refractivity (Wildman–Crippen MR) is 67.1 cm³/mol. The number of ether oxygens (including phenoxy) is 2. The summed E-state index contributed by atoms with van der Waals surface area (Å²) in [6, 6.07) is 1.94. The number of hydrogen-bond donors (Lipinski definition) is 1. The van der Waals surface area contributed by atoms with Crippen molar-refractivity contribution in [3.63, 3.8) is 0 Å². The Morgan fingerprint density at radius 1 is 1.29 bits per heavy atom. The van der Waals surface area contributed by atoms with Gasteiger partial charge in [0.15, 0.2) is 0 Å². The Balaban J connectivity index is 2.63. The van der Waals surface area contributed by atoms with Crippen molar-refractivity contribution < 1.29 is 14.6 Å². The third-order valence-corrected chi connectivity index (χ3v) is 3.61. The molecule has 0 unspecified atom stereocenters. The molecule has 0 aromatic heterocycles. The second-order valence-corrected chi connectivity index (χ2v) is 4.73. The fourth-order valence-electron chi connectivity index (χ4n) is 2.08. The second kappa shape index (κ2) is 4.39. The lowest BCUT2D eigenvalue weighted by Crippen LogP contribution is -2.09. The quantitative estimate of drug-likeness (QED) is 0.900. The number of hydrogen-bond acceptors (Lipinski definition) is 3. The highest BCUT2D eigenvalue weighted by Gasteiger charge is 2.45. The van der Waals surface area contributed by atoms with E-state index in [0.29, 0.717) is 16.5 Å². The van der Waals surface area contributed by atoms with Crippen LogP contribution >= 0.6 is 11.6 Å². The Kier molecular flexibility index (Phi) is 3.23. The molecule has 0 atom stereocenters. The van der Waals surface area contributed by atoms with Crippen LogP contribution in [0.1, 0.15) is 30.9 Å². The van der Waals surface area contributed by atoms with Gasteiger partial charge in [0.05, 0.1) is 19.8 Å². The van der Waals surface area contributed by atoms with Crippen LogP contribution in [-0.2, 0) is 12.0 Å². The fraction of sp³-hybridized carbons (Fsp3) is 0.538. The van der Waals surface area contributed by atoms with Gasteiger partial charge in [-0.3, -0.25) is 0 Å². The monoisotopic (exact) mass is 256 g/mol. The van der Waals surface area contributed by atoms with Crippen molar-refractivity contribution >= 4 is 11.6 Å². The SMILES string of the molecule is CCc1cc(C2(O)CC2)c(OC)c(Cl)c1OC. The van der Waals surface area contributed by atoms with Gasteiger partial charge in [-0.25, -0.2) is 0 Å². The van der Waals surface area contributed by atoms with Crippen LogP contribution in [0.4, 0.5) is 0 Å². The molecule has 1 aromatic rings. The molecule has 0 amide bonds. The molecule has 0 radical (unpaired) electrons. The number of aliphatic hydroxyl groups is 1. The highest BCUT2D eigenvalue weighted by Crippen LogP contribution is 2.53. The van der Waals surface area contributed by atoms with Gasteiger partial charge in [-0.15, -0.1) is 0 Å². The van der Waals surface area contributed by atoms with E-state index >= 15 is 0 Å². The molecule has 1 aliphatic carbocycles. The zero-order valence-corrected chi connectivity index (χ0v) is 11.1. The maximum absolute atomic E-state index is 10.2. The number of benzene rings is 1. The molecule has 1 N–H and O–H groups in total. The Labute approximate surface area is 106 Å². The smallest absolute Gasteiger partial charge is 0.147 e. The van der Waals surface area contributed by atoms with E-state index in [1.54, 1.807) is 14.2 Å². The van der Waals surface area contributed by atoms with Crippen LogP contribution in [0.5, 0.6) is 11.5 Å². The number of aryl methyl sites for hydroxylation is 1. The Bertz CT molecular complexity index is 439. The van der Waals surface area contributed by atoms with E-state index in [0.717, 1.165) is 30.4 Å². The normalized spacial score (nSPS) is 16.8. The van der Waals surface area contributed by atoms with Crippen molar-refractivity contribution in [1.29, 1.82) is 0 Å². The number of methoxy groups -OCH3 is 2. The van der Waals surface area contributed by atoms with Crippen molar-refractivity contribution in [2.75, 3.05) is 14.2 Å². The molecule has 2 rings (SSSR count). The third-order valence-electron chi connectivity index (χ3n) is 3.27. The summed E-state index contributed by atoms with van der Waals surface area (Å²) in [5, 5.41) is 10.7. The van der Waals surface area contributed by atoms with E-state index in [-0.39, 0.29) is 0 Å². The van der Waals surface area contributed by atoms with Crippen molar-refractivity contribution in [2.24, 2.45) is 0 Å². The lowest BCUT2D eigenvalue weighted by molar-refractivity contribution is 0.147. The summed E-state index contributed by atoms with van der Waals surface area (Å²) in [4.78, 5) is 0. The topological polar surface area (TPSA) is 38.7 Å². The van der Waals surface area contributed by atoms with E-state index in [9.17, 15) is 5.11 Å². The minimum atomic E-state index is -0.759. The van der Waals surface area contributed by atoms with Crippen molar-refractivity contribution in [2.45, 2.75) is 31.8 Å². The highest BCUT2D eigenvalue weighted by molar-refractivity contribution is 6.33. The summed E-state index contributed by atoms with van der Waals surface area (Å²) in [6.45, 7) is 2.03. The molecule has 17 heavy (non-hydrogen) atoms. The van der Waals surface area contributed by atoms with Gasteiger partial charge < -0.3 is 14.6 Å². The molecule has 94 valence electrons. The zero-order chi connectivity index (χ0) is 12.6. The third kappa shape index (κ3) is 1.98. The van der Waals surface area contributed by atoms with Crippen molar-refractivity contribution in [3.05, 3.63) is 22.2 Å². The average Bonchev–Trinajstić information content (AvgIpc) is 3.07. The Morgan fingerprint density at radius 2 is 1.88 bits per heavy atom. The second-order valence-electron chi connectivity index (χ2n) is 4.35. The average molecular weight is 257 g/mol. The van der Waals surface area contributed by atoms with E-state index in [1.165, 1.54) is 0 Å². The first-order valence-electron chi connectivity index (χ1n) is 5.73. The molecule has 1 aliphatic rings. The lowest BCUT2D eigenvalue weighted by atomic mass is 10.0. The molecule has 0 bridgehead atoms. The minimum Gasteiger partial charge on any atom is -0.495 e. The van der Waals surface area contributed by atoms with Gasteiger partial charge in [0.2, 0.25) is 0 Å². The van der Waals surface area contributed by atoms with Gasteiger partial charge in [0, 0.05) is 5.56 Å². The molecule has 3 nitrogen and oxygen atoms in total. The summed E-state index contributed by atoms with van der Waals surface area (Å²) >= 11 is 6.27. The van der Waals surface area contributed by atoms with Gasteiger partial charge >= 0.3 is 0 Å². The molecule has 0 saturated heterocycles. The van der Waals surface area contributed by atoms with Crippen LogP contribution in [-0.4, -0.2) is 19.3 Å². The summed E-state index contributed by atoms with van der Waals surface area (Å²) in [5.74, 6) is 1.17. The first kappa shape index (κ1) is 12.5. The molecule has 1 aromatic carbocycles. The molecular formula is C13H17ClO3. The minimum absolute atomic E-state index is 0.449. The Morgan fingerprint density at radius 3 is 2.29 bits per heavy atom. The van der Waals surface area contributed by atoms with Crippen LogP contribution in [0.2, 0.25) is 5.02 Å². The van der Waals surface area contributed by atoms with E-state index in [4.69, 9.17) is 21.1 Å². The summed E-state index contributed by atoms with van der Waals surface area (Å²) in [5.41, 5.74) is 1.02. The van der Waals surface area contributed by atoms with Gasteiger partial charge in [0.1, 0.15) is 16.5 Å². The Hall–Kier alpha value is -0.930. The molecule has 1 fully saturated rings. The molecule has 0 aliphatic heterocycles. The first-order valence-corrected chi connectivity index (χ1v) is 6.11. The van der Waals surface area contributed by atoms with E-state index in [1.807, 2.05) is 13.0 Å². The van der Waals surface area contributed by atoms with Crippen LogP contribution in [0, 0.1) is 0 Å². The maximum Gasteiger partial charge on any atom is 0.147 e. The zero-order valence-electron chi connectivity index (χ0n) is 10.3. The number of rotatable bonds is 4. The molecular weight excluding hydrogens is 240 g/mol. The molecule has 4 heteroatoms. The van der Waals surface area contributed by atoms with Crippen molar-refractivity contribution in [1.82, 2.24) is 0 Å². The van der Waals surface area contributed by atoms with Gasteiger partial charge in [-0.2, -0.15) is 0 Å². The standard InChI is InChI=1S/C13H17ClO3/c1-4-8-7-9(13(15)5-6-13)12(17-3)10(14)11(8)16-2/h7,15H,4-6H2,1-3H3. The summed E-state index contributed by atoms with van der Waals surface area (Å²) < 4.78 is 10.6. The van der Waals surface area contributed by atoms with Crippen LogP contribution in [0.15, 0.2) is 6.07 Å². The number of halogens is 1. The molecule has 1 saturated carbocycles. The van der Waals surface area contributed by atoms with Crippen molar-refractivity contribution in [3.8, 4) is 11.5 Å². The van der Waals surface area contributed by atoms with E-state index in [2.05, 4.69) is 0 Å². The van der Waals surface area contributed by atoms with Crippen LogP contribution in [0.3, 0.4) is 0 Å². The lowest BCUT2D eigenvalue weighted by Gasteiger charge is -2.19. The summed E-state index contributed by atoms with van der Waals surface area (Å²) in [7, 11) is 3.15. The first-order chi connectivity index (χ1) is 8.07. The van der Waals surface area contributed by atoms with Crippen LogP contribution in [0.25, 0.3) is 0 Å². The summed E-state index contributed by atoms with van der Waals surface area (Å²) in [6.07, 6.45) is 2.32. The van der Waals surface area contributed by atoms with Gasteiger partial charge in [-0.05, 0) is 30.9 Å². The maximum atomic E-state index is 10.2. The predicted octanol–water partition coefficient (Wildman–Crippen LogP) is 2.90. The largest absolute Gasteiger partial charge is 0.495 e. The van der Waals surface area contributed by atoms with Gasteiger partial charge in [0.25, 0.3) is 0 Å². The fourth-order valence-corrected chi connectivity index (χ4v) is 2.46. The van der Waals surface area contributed by atoms with E-state index < -0.39 is 5.60 Å².